The number of hydrogen-bond acceptors (Lipinski definition) is 4. The molecule has 0 aliphatic carbocycles. The molecule has 0 spiro atoms. The maximum Gasteiger partial charge on any atom is 0.239 e. The van der Waals surface area contributed by atoms with Gasteiger partial charge in [-0.3, -0.25) is 19.4 Å². The molecule has 25 heavy (non-hydrogen) atoms. The molecule has 1 saturated heterocycles. The van der Waals surface area contributed by atoms with Crippen molar-refractivity contribution in [2.75, 3.05) is 39.3 Å². The molecule has 0 atom stereocenters. The molecule has 0 saturated carbocycles. The van der Waals surface area contributed by atoms with E-state index < -0.39 is 0 Å². The number of carbonyl (C=O) groups is 2. The second-order valence-electron chi connectivity index (χ2n) is 6.68. The summed E-state index contributed by atoms with van der Waals surface area (Å²) < 4.78 is 0. The van der Waals surface area contributed by atoms with Gasteiger partial charge in [-0.25, -0.2) is 0 Å². The third-order valence-corrected chi connectivity index (χ3v) is 4.26. The molecule has 1 fully saturated rings. The van der Waals surface area contributed by atoms with Crippen LogP contribution in [0.25, 0.3) is 0 Å². The van der Waals surface area contributed by atoms with Gasteiger partial charge in [-0.1, -0.05) is 23.7 Å². The highest BCUT2D eigenvalue weighted by atomic mass is 35.5. The number of hydrogen-bond donors (Lipinski definition) is 2. The molecular formula is C18H27ClN4O2. The Balaban J connectivity index is 1.66. The number of nitrogens with one attached hydrogen (secondary N) is 2. The van der Waals surface area contributed by atoms with Gasteiger partial charge >= 0.3 is 0 Å². The van der Waals surface area contributed by atoms with Crippen LogP contribution in [-0.2, 0) is 16.1 Å². The molecule has 1 heterocycles. The van der Waals surface area contributed by atoms with E-state index in [9.17, 15) is 9.59 Å². The number of halogens is 1. The molecule has 0 aromatic heterocycles. The van der Waals surface area contributed by atoms with E-state index >= 15 is 0 Å². The molecule has 0 unspecified atom stereocenters. The second-order valence-corrected chi connectivity index (χ2v) is 7.12. The van der Waals surface area contributed by atoms with E-state index in [1.807, 2.05) is 32.0 Å². The van der Waals surface area contributed by atoms with E-state index in [0.29, 0.717) is 6.54 Å². The number of benzene rings is 1. The van der Waals surface area contributed by atoms with E-state index in [-0.39, 0.29) is 24.4 Å². The maximum atomic E-state index is 12.0. The third kappa shape index (κ3) is 7.42. The van der Waals surface area contributed by atoms with Gasteiger partial charge in [0, 0.05) is 43.8 Å². The largest absolute Gasteiger partial charge is 0.352 e. The minimum absolute atomic E-state index is 0.0335. The lowest BCUT2D eigenvalue weighted by Gasteiger charge is -2.34. The topological polar surface area (TPSA) is 64.7 Å². The zero-order valence-electron chi connectivity index (χ0n) is 14.9. The van der Waals surface area contributed by atoms with Crippen LogP contribution in [0.1, 0.15) is 19.4 Å². The average molecular weight is 367 g/mol. The second kappa shape index (κ2) is 9.75. The Morgan fingerprint density at radius 2 is 1.80 bits per heavy atom. The highest BCUT2D eigenvalue weighted by Crippen LogP contribution is 2.13. The van der Waals surface area contributed by atoms with Gasteiger partial charge < -0.3 is 10.6 Å². The van der Waals surface area contributed by atoms with Crippen LogP contribution in [0.2, 0.25) is 5.02 Å². The van der Waals surface area contributed by atoms with E-state index in [2.05, 4.69) is 26.5 Å². The molecule has 7 heteroatoms. The van der Waals surface area contributed by atoms with E-state index in [4.69, 9.17) is 11.6 Å². The first-order valence-electron chi connectivity index (χ1n) is 8.67. The van der Waals surface area contributed by atoms with Crippen LogP contribution < -0.4 is 10.6 Å². The fraction of sp³-hybridized carbons (Fsp3) is 0.556. The zero-order chi connectivity index (χ0) is 18.2. The lowest BCUT2D eigenvalue weighted by molar-refractivity contribution is -0.127. The summed E-state index contributed by atoms with van der Waals surface area (Å²) >= 11 is 6.02. The van der Waals surface area contributed by atoms with Crippen molar-refractivity contribution < 1.29 is 9.59 Å². The standard InChI is InChI=1S/C18H27ClN4O2/c1-14(2)21-17(24)11-20-18(25)13-23-8-6-22(7-9-23)12-15-4-3-5-16(19)10-15/h3-5,10,14H,6-9,11-13H2,1-2H3,(H,20,25)(H,21,24). The monoisotopic (exact) mass is 366 g/mol. The molecule has 1 aliphatic heterocycles. The molecule has 1 aromatic carbocycles. The Morgan fingerprint density at radius 1 is 1.12 bits per heavy atom. The van der Waals surface area contributed by atoms with Gasteiger partial charge in [0.25, 0.3) is 0 Å². The van der Waals surface area contributed by atoms with Crippen molar-refractivity contribution in [3.63, 3.8) is 0 Å². The summed E-state index contributed by atoms with van der Waals surface area (Å²) in [6, 6.07) is 7.99. The number of nitrogens with zero attached hydrogens (tertiary/aromatic N) is 2. The number of carbonyl (C=O) groups excluding carboxylic acids is 2. The molecule has 1 aliphatic rings. The highest BCUT2D eigenvalue weighted by Gasteiger charge is 2.19. The summed E-state index contributed by atoms with van der Waals surface area (Å²) in [6.45, 7) is 8.52. The lowest BCUT2D eigenvalue weighted by atomic mass is 10.2. The van der Waals surface area contributed by atoms with Crippen molar-refractivity contribution in [3.05, 3.63) is 34.9 Å². The summed E-state index contributed by atoms with van der Waals surface area (Å²) in [5.74, 6) is -0.267. The van der Waals surface area contributed by atoms with Crippen LogP contribution in [0.5, 0.6) is 0 Å². The van der Waals surface area contributed by atoms with Gasteiger partial charge in [-0.15, -0.1) is 0 Å². The van der Waals surface area contributed by atoms with Crippen molar-refractivity contribution in [2.45, 2.75) is 26.4 Å². The molecule has 1 aromatic rings. The smallest absolute Gasteiger partial charge is 0.239 e. The summed E-state index contributed by atoms with van der Waals surface area (Å²) in [4.78, 5) is 28.0. The SMILES string of the molecule is CC(C)NC(=O)CNC(=O)CN1CCN(Cc2cccc(Cl)c2)CC1. The van der Waals surface area contributed by atoms with Crippen molar-refractivity contribution in [2.24, 2.45) is 0 Å². The quantitative estimate of drug-likeness (QED) is 0.758. The van der Waals surface area contributed by atoms with Crippen LogP contribution in [0.4, 0.5) is 0 Å². The average Bonchev–Trinajstić information content (AvgIpc) is 2.54. The molecular weight excluding hydrogens is 340 g/mol. The maximum absolute atomic E-state index is 12.0. The van der Waals surface area contributed by atoms with Gasteiger partial charge in [-0.2, -0.15) is 0 Å². The first-order valence-corrected chi connectivity index (χ1v) is 9.05. The summed E-state index contributed by atoms with van der Waals surface area (Å²) in [7, 11) is 0. The van der Waals surface area contributed by atoms with Gasteiger partial charge in [0.1, 0.15) is 0 Å². The normalized spacial score (nSPS) is 16.0. The fourth-order valence-electron chi connectivity index (χ4n) is 2.81. The Kier molecular flexibility index (Phi) is 7.68. The molecule has 2 amide bonds. The van der Waals surface area contributed by atoms with Gasteiger partial charge in [-0.05, 0) is 31.5 Å². The number of amides is 2. The summed E-state index contributed by atoms with van der Waals surface area (Å²) in [5, 5.41) is 6.18. The molecule has 0 bridgehead atoms. The van der Waals surface area contributed by atoms with Crippen molar-refractivity contribution in [1.82, 2.24) is 20.4 Å². The van der Waals surface area contributed by atoms with Crippen molar-refractivity contribution in [3.8, 4) is 0 Å². The minimum atomic E-state index is -0.158. The van der Waals surface area contributed by atoms with Gasteiger partial charge in [0.15, 0.2) is 0 Å². The van der Waals surface area contributed by atoms with Gasteiger partial charge in [0.2, 0.25) is 11.8 Å². The Labute approximate surface area is 154 Å². The number of rotatable bonds is 7. The first kappa shape index (κ1) is 19.7. The number of piperazine rings is 1. The van der Waals surface area contributed by atoms with Crippen LogP contribution in [0.3, 0.4) is 0 Å². The van der Waals surface area contributed by atoms with Crippen LogP contribution in [0, 0.1) is 0 Å². The summed E-state index contributed by atoms with van der Waals surface area (Å²) in [5.41, 5.74) is 1.20. The molecule has 6 nitrogen and oxygen atoms in total. The molecule has 2 N–H and O–H groups in total. The highest BCUT2D eigenvalue weighted by molar-refractivity contribution is 6.30. The molecule has 2 rings (SSSR count). The third-order valence-electron chi connectivity index (χ3n) is 4.02. The fourth-order valence-corrected chi connectivity index (χ4v) is 3.02. The van der Waals surface area contributed by atoms with Crippen molar-refractivity contribution in [1.29, 1.82) is 0 Å². The van der Waals surface area contributed by atoms with E-state index in [1.54, 1.807) is 0 Å². The molecule has 0 radical (unpaired) electrons. The van der Waals surface area contributed by atoms with Gasteiger partial charge in [0.05, 0.1) is 13.1 Å². The van der Waals surface area contributed by atoms with Crippen LogP contribution in [-0.4, -0.2) is 66.9 Å². The Bertz CT molecular complexity index is 586. The van der Waals surface area contributed by atoms with Crippen LogP contribution in [0.15, 0.2) is 24.3 Å². The first-order chi connectivity index (χ1) is 11.9. The summed E-state index contributed by atoms with van der Waals surface area (Å²) in [6.07, 6.45) is 0. The molecule has 138 valence electrons. The minimum Gasteiger partial charge on any atom is -0.352 e. The lowest BCUT2D eigenvalue weighted by Crippen LogP contribution is -2.50. The zero-order valence-corrected chi connectivity index (χ0v) is 15.7. The predicted octanol–water partition coefficient (Wildman–Crippen LogP) is 1.10. The Hall–Kier alpha value is -1.63. The van der Waals surface area contributed by atoms with E-state index in [1.165, 1.54) is 5.56 Å². The van der Waals surface area contributed by atoms with Crippen LogP contribution >= 0.6 is 11.6 Å². The Morgan fingerprint density at radius 3 is 2.44 bits per heavy atom. The van der Waals surface area contributed by atoms with Crippen molar-refractivity contribution >= 4 is 23.4 Å². The predicted molar refractivity (Wildman–Crippen MR) is 99.5 cm³/mol. The van der Waals surface area contributed by atoms with E-state index in [0.717, 1.165) is 37.7 Å².